The Hall–Kier alpha value is -3.15. The van der Waals surface area contributed by atoms with Crippen molar-refractivity contribution in [3.05, 3.63) is 54.6 Å². The van der Waals surface area contributed by atoms with Crippen molar-refractivity contribution in [2.45, 2.75) is 0 Å². The van der Waals surface area contributed by atoms with E-state index in [4.69, 9.17) is 11.5 Å². The molecule has 3 rings (SSSR count). The fraction of sp³-hybridized carbons (Fsp3) is 0. The van der Waals surface area contributed by atoms with Crippen LogP contribution in [0.3, 0.4) is 0 Å². The average Bonchev–Trinajstić information content (AvgIpc) is 2.85. The number of benzene rings is 2. The molecule has 6 nitrogen and oxygen atoms in total. The zero-order valence-electron chi connectivity index (χ0n) is 11.2. The molecule has 1 aliphatic heterocycles. The third-order valence-corrected chi connectivity index (χ3v) is 3.05. The molecule has 1 heterocycles. The molecule has 0 aliphatic carbocycles. The van der Waals surface area contributed by atoms with Crippen LogP contribution in [0.25, 0.3) is 11.1 Å². The summed E-state index contributed by atoms with van der Waals surface area (Å²) in [6, 6.07) is 17.9. The highest BCUT2D eigenvalue weighted by atomic mass is 15.4. The van der Waals surface area contributed by atoms with Crippen LogP contribution in [0, 0.1) is 0 Å². The van der Waals surface area contributed by atoms with Gasteiger partial charge in [-0.1, -0.05) is 48.5 Å². The quantitative estimate of drug-likeness (QED) is 0.745. The van der Waals surface area contributed by atoms with Crippen LogP contribution in [0.5, 0.6) is 0 Å². The maximum Gasteiger partial charge on any atom is 0.177 e. The molecule has 0 radical (unpaired) electrons. The highest BCUT2D eigenvalue weighted by Gasteiger charge is 2.16. The van der Waals surface area contributed by atoms with E-state index in [-0.39, 0.29) is 11.7 Å². The predicted octanol–water partition coefficient (Wildman–Crippen LogP) is 1.76. The van der Waals surface area contributed by atoms with Crippen LogP contribution in [0.2, 0.25) is 0 Å². The molecule has 0 aromatic heterocycles. The minimum absolute atomic E-state index is 0.206. The molecular weight excluding hydrogens is 264 g/mol. The summed E-state index contributed by atoms with van der Waals surface area (Å²) in [5, 5.41) is 11.6. The van der Waals surface area contributed by atoms with E-state index >= 15 is 0 Å². The van der Waals surface area contributed by atoms with Crippen LogP contribution < -0.4 is 16.9 Å². The minimum atomic E-state index is 0.206. The SMILES string of the molecule is NC1=NN=C(N)C1=NNc1ccccc1-c1ccccc1. The number of nitrogens with zero attached hydrogens (tertiary/aromatic N) is 3. The zero-order chi connectivity index (χ0) is 14.7. The van der Waals surface area contributed by atoms with Gasteiger partial charge in [-0.25, -0.2) is 0 Å². The summed E-state index contributed by atoms with van der Waals surface area (Å²) in [5.74, 6) is 0.411. The molecule has 0 saturated carbocycles. The van der Waals surface area contributed by atoms with E-state index in [1.54, 1.807) is 0 Å². The first-order chi connectivity index (χ1) is 10.3. The van der Waals surface area contributed by atoms with Crippen molar-refractivity contribution >= 4 is 23.1 Å². The molecule has 0 unspecified atom stereocenters. The van der Waals surface area contributed by atoms with Crippen molar-refractivity contribution in [3.63, 3.8) is 0 Å². The lowest BCUT2D eigenvalue weighted by Gasteiger charge is -2.09. The second-order valence-corrected chi connectivity index (χ2v) is 4.45. The molecule has 0 atom stereocenters. The molecule has 0 bridgehead atoms. The maximum atomic E-state index is 5.67. The molecule has 0 fully saturated rings. The first kappa shape index (κ1) is 12.9. The number of anilines is 1. The molecule has 2 aromatic rings. The molecule has 0 saturated heterocycles. The van der Waals surface area contributed by atoms with E-state index in [0.717, 1.165) is 16.8 Å². The fourth-order valence-electron chi connectivity index (χ4n) is 2.01. The van der Waals surface area contributed by atoms with Gasteiger partial charge in [0.25, 0.3) is 0 Å². The summed E-state index contributed by atoms with van der Waals surface area (Å²) in [6.45, 7) is 0. The lowest BCUT2D eigenvalue weighted by molar-refractivity contribution is 1.25. The number of para-hydroxylation sites is 1. The summed E-state index contributed by atoms with van der Waals surface area (Å²) in [4.78, 5) is 0. The molecule has 6 heteroatoms. The fourth-order valence-corrected chi connectivity index (χ4v) is 2.01. The van der Waals surface area contributed by atoms with Gasteiger partial charge in [-0.15, -0.1) is 10.2 Å². The highest BCUT2D eigenvalue weighted by Crippen LogP contribution is 2.27. The number of nitrogens with two attached hydrogens (primary N) is 2. The van der Waals surface area contributed by atoms with Gasteiger partial charge in [-0.3, -0.25) is 5.43 Å². The summed E-state index contributed by atoms with van der Waals surface area (Å²) in [7, 11) is 0. The Morgan fingerprint density at radius 3 is 2.14 bits per heavy atom. The predicted molar refractivity (Wildman–Crippen MR) is 86.2 cm³/mol. The largest absolute Gasteiger partial charge is 0.380 e. The third-order valence-electron chi connectivity index (χ3n) is 3.05. The first-order valence-corrected chi connectivity index (χ1v) is 6.41. The summed E-state index contributed by atoms with van der Waals surface area (Å²) >= 11 is 0. The average molecular weight is 278 g/mol. The van der Waals surface area contributed by atoms with E-state index in [0.29, 0.717) is 5.71 Å². The Kier molecular flexibility index (Phi) is 3.34. The molecule has 0 spiro atoms. The van der Waals surface area contributed by atoms with E-state index in [1.165, 1.54) is 0 Å². The zero-order valence-corrected chi connectivity index (χ0v) is 11.2. The standard InChI is InChI=1S/C15H14N6/c16-14-13(15(17)21-20-14)19-18-12-9-5-4-8-11(12)10-6-2-1-3-7-10/h1-9,18H,(H4,16,17,19,20,21). The monoisotopic (exact) mass is 278 g/mol. The molecular formula is C15H14N6. The van der Waals surface area contributed by atoms with Crippen molar-refractivity contribution in [1.29, 1.82) is 0 Å². The van der Waals surface area contributed by atoms with E-state index in [9.17, 15) is 0 Å². The van der Waals surface area contributed by atoms with Crippen LogP contribution in [-0.2, 0) is 0 Å². The number of rotatable bonds is 3. The maximum absolute atomic E-state index is 5.67. The number of hydrazone groups is 1. The van der Waals surface area contributed by atoms with E-state index < -0.39 is 0 Å². The van der Waals surface area contributed by atoms with E-state index in [1.807, 2.05) is 54.6 Å². The van der Waals surface area contributed by atoms with Gasteiger partial charge in [0, 0.05) is 5.56 Å². The topological polar surface area (TPSA) is 101 Å². The van der Waals surface area contributed by atoms with Crippen LogP contribution in [0.15, 0.2) is 69.9 Å². The Morgan fingerprint density at radius 2 is 1.43 bits per heavy atom. The number of nitrogens with one attached hydrogen (secondary N) is 1. The van der Waals surface area contributed by atoms with Crippen LogP contribution in [-0.4, -0.2) is 17.4 Å². The Labute approximate surface area is 121 Å². The highest BCUT2D eigenvalue weighted by molar-refractivity contribution is 6.68. The van der Waals surface area contributed by atoms with Gasteiger partial charge < -0.3 is 11.5 Å². The molecule has 21 heavy (non-hydrogen) atoms. The number of hydrogen-bond acceptors (Lipinski definition) is 6. The smallest absolute Gasteiger partial charge is 0.177 e. The molecule has 104 valence electrons. The van der Waals surface area contributed by atoms with Gasteiger partial charge in [-0.2, -0.15) is 5.10 Å². The number of hydrogen-bond donors (Lipinski definition) is 3. The third kappa shape index (κ3) is 2.59. The first-order valence-electron chi connectivity index (χ1n) is 6.41. The summed E-state index contributed by atoms with van der Waals surface area (Å²) in [6.07, 6.45) is 0. The van der Waals surface area contributed by atoms with Crippen LogP contribution in [0.4, 0.5) is 5.69 Å². The minimum Gasteiger partial charge on any atom is -0.380 e. The molecule has 5 N–H and O–H groups in total. The van der Waals surface area contributed by atoms with Gasteiger partial charge in [0.05, 0.1) is 5.69 Å². The van der Waals surface area contributed by atoms with Gasteiger partial charge in [0.1, 0.15) is 0 Å². The number of amidine groups is 2. The van der Waals surface area contributed by atoms with Crippen LogP contribution in [0.1, 0.15) is 0 Å². The Bertz CT molecular complexity index is 726. The molecule has 1 aliphatic rings. The summed E-state index contributed by atoms with van der Waals surface area (Å²) in [5.41, 5.74) is 17.7. The normalized spacial score (nSPS) is 13.6. The lowest BCUT2D eigenvalue weighted by atomic mass is 10.0. The van der Waals surface area contributed by atoms with Crippen molar-refractivity contribution in [2.75, 3.05) is 5.43 Å². The van der Waals surface area contributed by atoms with Crippen LogP contribution >= 0.6 is 0 Å². The van der Waals surface area contributed by atoms with Crippen molar-refractivity contribution < 1.29 is 0 Å². The Balaban J connectivity index is 1.93. The van der Waals surface area contributed by atoms with Crippen molar-refractivity contribution in [1.82, 2.24) is 0 Å². The van der Waals surface area contributed by atoms with E-state index in [2.05, 4.69) is 20.7 Å². The Morgan fingerprint density at radius 1 is 0.810 bits per heavy atom. The molecule has 2 aromatic carbocycles. The molecule has 0 amide bonds. The van der Waals surface area contributed by atoms with Gasteiger partial charge in [0.15, 0.2) is 17.4 Å². The second-order valence-electron chi connectivity index (χ2n) is 4.45. The van der Waals surface area contributed by atoms with Gasteiger partial charge in [-0.05, 0) is 11.6 Å². The second kappa shape index (κ2) is 5.46. The lowest BCUT2D eigenvalue weighted by Crippen LogP contribution is -2.32. The van der Waals surface area contributed by atoms with Gasteiger partial charge >= 0.3 is 0 Å². The van der Waals surface area contributed by atoms with Gasteiger partial charge in [0.2, 0.25) is 0 Å². The van der Waals surface area contributed by atoms with Crippen molar-refractivity contribution in [2.24, 2.45) is 26.8 Å². The van der Waals surface area contributed by atoms with Crippen molar-refractivity contribution in [3.8, 4) is 11.1 Å². The summed E-state index contributed by atoms with van der Waals surface area (Å²) < 4.78 is 0.